The number of carbonyl (C=O) groups excluding carboxylic acids is 3. The molecule has 0 aromatic carbocycles. The van der Waals surface area contributed by atoms with Gasteiger partial charge in [0.2, 0.25) is 0 Å². The summed E-state index contributed by atoms with van der Waals surface area (Å²) in [4.78, 5) is 37.7. The van der Waals surface area contributed by atoms with Crippen molar-refractivity contribution in [1.29, 1.82) is 0 Å². The van der Waals surface area contributed by atoms with Crippen molar-refractivity contribution in [2.24, 2.45) is 0 Å². The minimum Gasteiger partial charge on any atom is -0.462 e. The molecule has 0 aliphatic heterocycles. The molecule has 0 aliphatic rings. The van der Waals surface area contributed by atoms with Crippen molar-refractivity contribution in [3.8, 4) is 0 Å². The van der Waals surface area contributed by atoms with Gasteiger partial charge in [-0.1, -0.05) is 218 Å². The van der Waals surface area contributed by atoms with Gasteiger partial charge in [0.05, 0.1) is 0 Å². The van der Waals surface area contributed by atoms with Crippen molar-refractivity contribution in [3.05, 3.63) is 146 Å². The summed E-state index contributed by atoms with van der Waals surface area (Å²) < 4.78 is 16.6. The van der Waals surface area contributed by atoms with E-state index in [2.05, 4.69) is 154 Å². The molecule has 1 atom stereocenters. The van der Waals surface area contributed by atoms with E-state index < -0.39 is 12.1 Å². The Morgan fingerprint density at radius 1 is 0.313 bits per heavy atom. The van der Waals surface area contributed by atoms with Gasteiger partial charge in [-0.05, 0) is 109 Å². The highest BCUT2D eigenvalue weighted by atomic mass is 16.6. The van der Waals surface area contributed by atoms with E-state index >= 15 is 0 Å². The molecule has 1 unspecified atom stereocenters. The van der Waals surface area contributed by atoms with E-state index in [0.29, 0.717) is 19.3 Å². The average molecular weight is 923 g/mol. The van der Waals surface area contributed by atoms with Crippen molar-refractivity contribution >= 4 is 17.9 Å². The monoisotopic (exact) mass is 923 g/mol. The lowest BCUT2D eigenvalue weighted by molar-refractivity contribution is -0.166. The van der Waals surface area contributed by atoms with Crippen LogP contribution in [0.4, 0.5) is 0 Å². The molecule has 0 amide bonds. The van der Waals surface area contributed by atoms with Crippen LogP contribution in [0.5, 0.6) is 0 Å². The summed E-state index contributed by atoms with van der Waals surface area (Å²) in [5, 5.41) is 0. The maximum Gasteiger partial charge on any atom is 0.306 e. The van der Waals surface area contributed by atoms with Crippen LogP contribution in [-0.4, -0.2) is 37.2 Å². The molecule has 0 aliphatic carbocycles. The van der Waals surface area contributed by atoms with Crippen molar-refractivity contribution in [1.82, 2.24) is 0 Å². The quantitative estimate of drug-likeness (QED) is 0.0262. The molecule has 0 fully saturated rings. The third-order valence-corrected chi connectivity index (χ3v) is 10.4. The van der Waals surface area contributed by atoms with Crippen LogP contribution in [0.1, 0.15) is 201 Å². The van der Waals surface area contributed by atoms with Gasteiger partial charge >= 0.3 is 17.9 Å². The summed E-state index contributed by atoms with van der Waals surface area (Å²) in [6.45, 7) is 6.25. The van der Waals surface area contributed by atoms with E-state index in [9.17, 15) is 14.4 Å². The van der Waals surface area contributed by atoms with Gasteiger partial charge in [-0.15, -0.1) is 0 Å². The van der Waals surface area contributed by atoms with Gasteiger partial charge in [0.15, 0.2) is 6.10 Å². The zero-order valence-corrected chi connectivity index (χ0v) is 42.6. The average Bonchev–Trinajstić information content (AvgIpc) is 3.33. The maximum absolute atomic E-state index is 12.7. The second-order valence-corrected chi connectivity index (χ2v) is 16.7. The minimum atomic E-state index is -0.829. The van der Waals surface area contributed by atoms with E-state index in [0.717, 1.165) is 128 Å². The Labute approximate surface area is 410 Å². The summed E-state index contributed by atoms with van der Waals surface area (Å²) in [5.74, 6) is -1.05. The Hall–Kier alpha value is -4.71. The van der Waals surface area contributed by atoms with E-state index in [1.807, 2.05) is 12.2 Å². The number of ether oxygens (including phenoxy) is 3. The smallest absolute Gasteiger partial charge is 0.306 e. The normalized spacial score (nSPS) is 13.3. The molecule has 6 heteroatoms. The molecule has 0 saturated carbocycles. The summed E-state index contributed by atoms with van der Waals surface area (Å²) in [6.07, 6.45) is 77.3. The van der Waals surface area contributed by atoms with Crippen molar-refractivity contribution in [2.75, 3.05) is 13.2 Å². The minimum absolute atomic E-state index is 0.120. The molecule has 0 rings (SSSR count). The number of rotatable bonds is 45. The van der Waals surface area contributed by atoms with Crippen LogP contribution in [0.25, 0.3) is 0 Å². The fraction of sp³-hybridized carbons (Fsp3) is 0.557. The molecule has 0 heterocycles. The molecule has 0 saturated heterocycles. The van der Waals surface area contributed by atoms with Crippen LogP contribution >= 0.6 is 0 Å². The molecule has 0 bridgehead atoms. The van der Waals surface area contributed by atoms with Crippen LogP contribution in [0.15, 0.2) is 146 Å². The summed E-state index contributed by atoms with van der Waals surface area (Å²) >= 11 is 0. The predicted molar refractivity (Wildman–Crippen MR) is 288 cm³/mol. The predicted octanol–water partition coefficient (Wildman–Crippen LogP) is 17.6. The number of unbranched alkanes of at least 4 members (excludes halogenated alkanes) is 10. The van der Waals surface area contributed by atoms with E-state index in [4.69, 9.17) is 14.2 Å². The lowest BCUT2D eigenvalue weighted by atomic mass is 10.1. The molecule has 0 N–H and O–H groups in total. The van der Waals surface area contributed by atoms with E-state index in [1.165, 1.54) is 25.7 Å². The zero-order chi connectivity index (χ0) is 48.6. The largest absolute Gasteiger partial charge is 0.462 e. The van der Waals surface area contributed by atoms with Gasteiger partial charge in [0.25, 0.3) is 0 Å². The van der Waals surface area contributed by atoms with Gasteiger partial charge in [-0.3, -0.25) is 14.4 Å². The van der Waals surface area contributed by atoms with E-state index in [1.54, 1.807) is 0 Å². The van der Waals surface area contributed by atoms with Gasteiger partial charge in [0, 0.05) is 19.3 Å². The second-order valence-electron chi connectivity index (χ2n) is 16.7. The fourth-order valence-corrected chi connectivity index (χ4v) is 6.47. The molecule has 0 radical (unpaired) electrons. The van der Waals surface area contributed by atoms with Crippen molar-refractivity contribution < 1.29 is 28.6 Å². The Kier molecular flexibility index (Phi) is 50.1. The van der Waals surface area contributed by atoms with Crippen molar-refractivity contribution in [3.63, 3.8) is 0 Å². The fourth-order valence-electron chi connectivity index (χ4n) is 6.47. The highest BCUT2D eigenvalue weighted by molar-refractivity contribution is 5.71. The second kappa shape index (κ2) is 53.9. The standard InChI is InChI=1S/C61H94O6/c1-4-7-10-13-16-18-20-22-23-24-25-26-27-28-29-30-31-32-33-34-35-36-37-39-40-42-45-48-51-54-60(63)66-57-58(56-65-59(62)53-50-47-44-15-12-9-6-3)67-61(64)55-52-49-46-43-41-38-21-19-17-14-11-8-5-2/h7-8,10-11,16-19,22-23,25-26,28-29,31-32,34-35,37-39,41,46,49,58H,4-6,9,12-15,20-21,24,27,30,33,36,40,42-45,47-48,50-57H2,1-3H3/b10-7-,11-8-,18-16-,19-17-,23-22-,26-25-,29-28-,32-31-,35-34-,39-37-,41-38-,49-46-. The lowest BCUT2D eigenvalue weighted by Crippen LogP contribution is -2.30. The number of allylic oxidation sites excluding steroid dienone is 24. The molecule has 0 aromatic rings. The maximum atomic E-state index is 12.7. The van der Waals surface area contributed by atoms with Crippen LogP contribution in [0.3, 0.4) is 0 Å². The Balaban J connectivity index is 4.32. The first-order valence-electron chi connectivity index (χ1n) is 26.3. The van der Waals surface area contributed by atoms with Crippen LogP contribution in [0.2, 0.25) is 0 Å². The molecule has 0 aromatic heterocycles. The topological polar surface area (TPSA) is 78.9 Å². The highest BCUT2D eigenvalue weighted by Gasteiger charge is 2.19. The first-order valence-corrected chi connectivity index (χ1v) is 26.3. The summed E-state index contributed by atoms with van der Waals surface area (Å²) in [5.41, 5.74) is 0. The van der Waals surface area contributed by atoms with Gasteiger partial charge in [-0.25, -0.2) is 0 Å². The molecular weight excluding hydrogens is 829 g/mol. The first-order chi connectivity index (χ1) is 33.0. The Morgan fingerprint density at radius 2 is 0.612 bits per heavy atom. The number of hydrogen-bond acceptors (Lipinski definition) is 6. The van der Waals surface area contributed by atoms with Gasteiger partial charge in [0.1, 0.15) is 13.2 Å². The van der Waals surface area contributed by atoms with Crippen molar-refractivity contribution in [2.45, 2.75) is 207 Å². The summed E-state index contributed by atoms with van der Waals surface area (Å²) in [6, 6.07) is 0. The Bertz CT molecular complexity index is 1530. The van der Waals surface area contributed by atoms with E-state index in [-0.39, 0.29) is 31.6 Å². The number of carbonyl (C=O) groups is 3. The highest BCUT2D eigenvalue weighted by Crippen LogP contribution is 2.11. The van der Waals surface area contributed by atoms with Gasteiger partial charge in [-0.2, -0.15) is 0 Å². The molecular formula is C61H94O6. The molecule has 0 spiro atoms. The first kappa shape index (κ1) is 62.3. The van der Waals surface area contributed by atoms with Crippen LogP contribution < -0.4 is 0 Å². The van der Waals surface area contributed by atoms with Gasteiger partial charge < -0.3 is 14.2 Å². The molecule has 374 valence electrons. The Morgan fingerprint density at radius 3 is 0.970 bits per heavy atom. The lowest BCUT2D eigenvalue weighted by Gasteiger charge is -2.18. The third-order valence-electron chi connectivity index (χ3n) is 10.4. The third kappa shape index (κ3) is 52.1. The molecule has 6 nitrogen and oxygen atoms in total. The zero-order valence-electron chi connectivity index (χ0n) is 42.6. The number of hydrogen-bond donors (Lipinski definition) is 0. The van der Waals surface area contributed by atoms with Crippen LogP contribution in [-0.2, 0) is 28.6 Å². The number of esters is 3. The SMILES string of the molecule is CC/C=C\C/C=C\C/C=C\C/C=C\C/C=C\C/C=C\C/C=C\C/C=C\CCCCCCC(=O)OCC(COC(=O)CCCCCCCCC)OC(=O)CC/C=C\C/C=C\C/C=C\C/C=C\CC. The molecule has 67 heavy (non-hydrogen) atoms. The summed E-state index contributed by atoms with van der Waals surface area (Å²) in [7, 11) is 0. The van der Waals surface area contributed by atoms with Crippen LogP contribution in [0, 0.1) is 0 Å².